The Morgan fingerprint density at radius 2 is 2.16 bits per heavy atom. The zero-order valence-corrected chi connectivity index (χ0v) is 11.5. The van der Waals surface area contributed by atoms with E-state index in [0.29, 0.717) is 6.42 Å². The first kappa shape index (κ1) is 12.2. The maximum absolute atomic E-state index is 12.5. The van der Waals surface area contributed by atoms with Crippen molar-refractivity contribution in [2.45, 2.75) is 12.8 Å². The summed E-state index contributed by atoms with van der Waals surface area (Å²) in [5.74, 6) is 0.179. The molecular weight excluding hydrogens is 256 g/mol. The highest BCUT2D eigenvalue weighted by atomic mass is 32.1. The molecule has 1 aromatic carbocycles. The van der Waals surface area contributed by atoms with Crippen molar-refractivity contribution in [1.82, 2.24) is 0 Å². The van der Waals surface area contributed by atoms with Crippen LogP contribution in [0.4, 0.5) is 11.4 Å². The summed E-state index contributed by atoms with van der Waals surface area (Å²) in [4.78, 5) is 15.5. The molecule has 0 bridgehead atoms. The lowest BCUT2D eigenvalue weighted by Crippen LogP contribution is -2.32. The van der Waals surface area contributed by atoms with E-state index in [2.05, 4.69) is 5.32 Å². The van der Waals surface area contributed by atoms with Gasteiger partial charge >= 0.3 is 0 Å². The zero-order chi connectivity index (χ0) is 13.1. The molecule has 3 rings (SSSR count). The maximum atomic E-state index is 12.5. The molecule has 1 amide bonds. The van der Waals surface area contributed by atoms with Gasteiger partial charge in [-0.2, -0.15) is 0 Å². The van der Waals surface area contributed by atoms with Crippen molar-refractivity contribution in [3.05, 3.63) is 46.7 Å². The lowest BCUT2D eigenvalue weighted by Gasteiger charge is -2.22. The number of amides is 1. The molecule has 0 spiro atoms. The predicted molar refractivity (Wildman–Crippen MR) is 79.9 cm³/mol. The average Bonchev–Trinajstić information content (AvgIpc) is 2.83. The number of nitrogens with zero attached hydrogens (tertiary/aromatic N) is 1. The third-order valence-electron chi connectivity index (χ3n) is 3.28. The van der Waals surface area contributed by atoms with Crippen LogP contribution in [0.15, 0.2) is 41.8 Å². The van der Waals surface area contributed by atoms with E-state index >= 15 is 0 Å². The third-order valence-corrected chi connectivity index (χ3v) is 4.15. The number of rotatable bonds is 2. The molecule has 2 heterocycles. The number of hydrogen-bond donors (Lipinski definition) is 1. The van der Waals surface area contributed by atoms with Crippen LogP contribution >= 0.6 is 11.3 Å². The van der Waals surface area contributed by atoms with Crippen molar-refractivity contribution in [3.8, 4) is 0 Å². The summed E-state index contributed by atoms with van der Waals surface area (Å²) < 4.78 is 0. The Balaban J connectivity index is 1.85. The quantitative estimate of drug-likeness (QED) is 0.911. The monoisotopic (exact) mass is 272 g/mol. The predicted octanol–water partition coefficient (Wildman–Crippen LogP) is 3.14. The minimum absolute atomic E-state index is 0.179. The van der Waals surface area contributed by atoms with E-state index in [1.54, 1.807) is 11.3 Å². The number of carbonyl (C=O) groups is 1. The van der Waals surface area contributed by atoms with Gasteiger partial charge in [0.25, 0.3) is 0 Å². The second-order valence-corrected chi connectivity index (χ2v) is 5.63. The first-order chi connectivity index (χ1) is 9.34. The van der Waals surface area contributed by atoms with E-state index in [-0.39, 0.29) is 5.91 Å². The lowest BCUT2D eigenvalue weighted by molar-refractivity contribution is -0.117. The summed E-state index contributed by atoms with van der Waals surface area (Å²) in [6.45, 7) is 1.70. The number of para-hydroxylation sites is 2. The lowest BCUT2D eigenvalue weighted by atomic mass is 10.2. The van der Waals surface area contributed by atoms with Gasteiger partial charge in [0.1, 0.15) is 0 Å². The zero-order valence-electron chi connectivity index (χ0n) is 10.6. The van der Waals surface area contributed by atoms with Crippen LogP contribution in [0.3, 0.4) is 0 Å². The first-order valence-electron chi connectivity index (χ1n) is 6.50. The van der Waals surface area contributed by atoms with E-state index in [9.17, 15) is 4.79 Å². The number of benzene rings is 1. The number of fused-ring (bicyclic) bond motifs is 1. The van der Waals surface area contributed by atoms with E-state index in [4.69, 9.17) is 0 Å². The molecule has 0 fully saturated rings. The molecule has 0 atom stereocenters. The molecule has 0 saturated heterocycles. The van der Waals surface area contributed by atoms with Gasteiger partial charge in [-0.3, -0.25) is 4.79 Å². The van der Waals surface area contributed by atoms with Crippen molar-refractivity contribution < 1.29 is 4.79 Å². The van der Waals surface area contributed by atoms with Gasteiger partial charge in [-0.05, 0) is 30.0 Å². The molecule has 19 heavy (non-hydrogen) atoms. The Hall–Kier alpha value is -1.81. The molecule has 0 saturated carbocycles. The van der Waals surface area contributed by atoms with E-state index in [1.807, 2.05) is 46.7 Å². The number of hydrogen-bond acceptors (Lipinski definition) is 3. The maximum Gasteiger partial charge on any atom is 0.232 e. The van der Waals surface area contributed by atoms with E-state index < -0.39 is 0 Å². The molecule has 0 aliphatic carbocycles. The second kappa shape index (κ2) is 5.45. The minimum Gasteiger partial charge on any atom is -0.383 e. The van der Waals surface area contributed by atoms with E-state index in [0.717, 1.165) is 35.8 Å². The summed E-state index contributed by atoms with van der Waals surface area (Å²) in [6, 6.07) is 12.0. The summed E-state index contributed by atoms with van der Waals surface area (Å²) in [5, 5.41) is 5.39. The van der Waals surface area contributed by atoms with Gasteiger partial charge in [0.05, 0.1) is 17.8 Å². The van der Waals surface area contributed by atoms with Crippen molar-refractivity contribution in [2.75, 3.05) is 23.3 Å². The smallest absolute Gasteiger partial charge is 0.232 e. The Bertz CT molecular complexity index is 565. The van der Waals surface area contributed by atoms with Crippen LogP contribution in [0.25, 0.3) is 0 Å². The Kier molecular flexibility index (Phi) is 3.51. The summed E-state index contributed by atoms with van der Waals surface area (Å²) in [7, 11) is 0. The van der Waals surface area contributed by atoms with Crippen molar-refractivity contribution >= 4 is 28.6 Å². The number of anilines is 2. The van der Waals surface area contributed by atoms with Gasteiger partial charge in [0.15, 0.2) is 0 Å². The fourth-order valence-corrected chi connectivity index (χ4v) is 3.05. The minimum atomic E-state index is 0.179. The largest absolute Gasteiger partial charge is 0.383 e. The van der Waals surface area contributed by atoms with Crippen molar-refractivity contribution in [3.63, 3.8) is 0 Å². The SMILES string of the molecule is O=C(Cc1cccs1)N1CCCNc2ccccc21. The fraction of sp³-hybridized carbons (Fsp3) is 0.267. The topological polar surface area (TPSA) is 32.3 Å². The van der Waals surface area contributed by atoms with Crippen LogP contribution < -0.4 is 10.2 Å². The molecule has 98 valence electrons. The van der Waals surface area contributed by atoms with Crippen LogP contribution in [0, 0.1) is 0 Å². The van der Waals surface area contributed by atoms with Crippen LogP contribution in [0.5, 0.6) is 0 Å². The van der Waals surface area contributed by atoms with Gasteiger partial charge in [-0.15, -0.1) is 11.3 Å². The van der Waals surface area contributed by atoms with Crippen LogP contribution in [-0.4, -0.2) is 19.0 Å². The molecule has 1 aliphatic rings. The summed E-state index contributed by atoms with van der Waals surface area (Å²) in [5.41, 5.74) is 2.06. The van der Waals surface area contributed by atoms with Crippen LogP contribution in [-0.2, 0) is 11.2 Å². The highest BCUT2D eigenvalue weighted by Crippen LogP contribution is 2.28. The average molecular weight is 272 g/mol. The Morgan fingerprint density at radius 3 is 3.00 bits per heavy atom. The van der Waals surface area contributed by atoms with Gasteiger partial charge in [0.2, 0.25) is 5.91 Å². The molecule has 3 nitrogen and oxygen atoms in total. The second-order valence-electron chi connectivity index (χ2n) is 4.60. The molecule has 1 aromatic heterocycles. The molecular formula is C15H16N2OS. The molecule has 0 unspecified atom stereocenters. The molecule has 1 N–H and O–H groups in total. The third kappa shape index (κ3) is 2.63. The first-order valence-corrected chi connectivity index (χ1v) is 7.38. The molecule has 4 heteroatoms. The Morgan fingerprint density at radius 1 is 1.26 bits per heavy atom. The van der Waals surface area contributed by atoms with Gasteiger partial charge in [0, 0.05) is 18.0 Å². The van der Waals surface area contributed by atoms with E-state index in [1.165, 1.54) is 0 Å². The molecule has 1 aliphatic heterocycles. The normalized spacial score (nSPS) is 14.4. The number of nitrogens with one attached hydrogen (secondary N) is 1. The highest BCUT2D eigenvalue weighted by Gasteiger charge is 2.20. The van der Waals surface area contributed by atoms with Crippen LogP contribution in [0.1, 0.15) is 11.3 Å². The van der Waals surface area contributed by atoms with Crippen molar-refractivity contribution in [2.24, 2.45) is 0 Å². The van der Waals surface area contributed by atoms with Gasteiger partial charge in [-0.1, -0.05) is 18.2 Å². The summed E-state index contributed by atoms with van der Waals surface area (Å²) in [6.07, 6.45) is 1.47. The number of thiophene rings is 1. The number of carbonyl (C=O) groups excluding carboxylic acids is 1. The molecule has 0 radical (unpaired) electrons. The standard InChI is InChI=1S/C15H16N2OS/c18-15(11-12-5-3-10-19-12)17-9-4-8-16-13-6-1-2-7-14(13)17/h1-3,5-7,10,16H,4,8-9,11H2. The summed E-state index contributed by atoms with van der Waals surface area (Å²) >= 11 is 1.64. The van der Waals surface area contributed by atoms with Gasteiger partial charge in [-0.25, -0.2) is 0 Å². The molecule has 2 aromatic rings. The highest BCUT2D eigenvalue weighted by molar-refractivity contribution is 7.10. The van der Waals surface area contributed by atoms with Crippen molar-refractivity contribution in [1.29, 1.82) is 0 Å². The fourth-order valence-electron chi connectivity index (χ4n) is 2.36. The Labute approximate surface area is 116 Å². The van der Waals surface area contributed by atoms with Crippen LogP contribution in [0.2, 0.25) is 0 Å². The van der Waals surface area contributed by atoms with Gasteiger partial charge < -0.3 is 10.2 Å².